The van der Waals surface area contributed by atoms with Gasteiger partial charge in [0.05, 0.1) is 5.60 Å². The first-order valence-corrected chi connectivity index (χ1v) is 4.57. The fourth-order valence-electron chi connectivity index (χ4n) is 2.21. The number of methoxy groups -OCH3 is 1. The predicted molar refractivity (Wildman–Crippen MR) is 47.7 cm³/mol. The van der Waals surface area contributed by atoms with Gasteiger partial charge in [-0.2, -0.15) is 0 Å². The summed E-state index contributed by atoms with van der Waals surface area (Å²) in [4.78, 5) is 0. The second-order valence-electron chi connectivity index (χ2n) is 4.66. The minimum Gasteiger partial charge on any atom is -0.378 e. The Morgan fingerprint density at radius 2 is 1.55 bits per heavy atom. The van der Waals surface area contributed by atoms with Gasteiger partial charge in [-0.25, -0.2) is 0 Å². The van der Waals surface area contributed by atoms with Crippen LogP contribution in [0.5, 0.6) is 0 Å². The maximum atomic E-state index is 5.66. The average molecular weight is 156 g/mol. The molecule has 1 aliphatic carbocycles. The Morgan fingerprint density at radius 1 is 1.09 bits per heavy atom. The van der Waals surface area contributed by atoms with Crippen molar-refractivity contribution in [2.45, 2.75) is 52.1 Å². The highest BCUT2D eigenvalue weighted by atomic mass is 16.5. The Bertz CT molecular complexity index is 126. The van der Waals surface area contributed by atoms with Crippen molar-refractivity contribution in [1.29, 1.82) is 0 Å². The molecule has 0 amide bonds. The standard InChI is InChI=1S/C10H20O/c1-9(2,3)10(11-4)7-5-6-8-10/h5-8H2,1-4H3. The van der Waals surface area contributed by atoms with Crippen LogP contribution in [-0.4, -0.2) is 12.7 Å². The first-order chi connectivity index (χ1) is 5.02. The molecular formula is C10H20O. The maximum Gasteiger partial charge on any atom is 0.0726 e. The van der Waals surface area contributed by atoms with Gasteiger partial charge in [-0.15, -0.1) is 0 Å². The van der Waals surface area contributed by atoms with Crippen LogP contribution in [0.15, 0.2) is 0 Å². The van der Waals surface area contributed by atoms with Gasteiger partial charge in [0.2, 0.25) is 0 Å². The normalized spacial score (nSPS) is 24.0. The largest absolute Gasteiger partial charge is 0.378 e. The van der Waals surface area contributed by atoms with E-state index in [9.17, 15) is 0 Å². The Morgan fingerprint density at radius 3 is 1.73 bits per heavy atom. The van der Waals surface area contributed by atoms with Crippen molar-refractivity contribution in [3.63, 3.8) is 0 Å². The average Bonchev–Trinajstić information content (AvgIpc) is 2.33. The Hall–Kier alpha value is -0.0400. The zero-order valence-corrected chi connectivity index (χ0v) is 8.24. The van der Waals surface area contributed by atoms with Crippen LogP contribution in [0.2, 0.25) is 0 Å². The molecule has 66 valence electrons. The third-order valence-electron chi connectivity index (χ3n) is 3.17. The van der Waals surface area contributed by atoms with E-state index in [-0.39, 0.29) is 5.60 Å². The first-order valence-electron chi connectivity index (χ1n) is 4.57. The lowest BCUT2D eigenvalue weighted by Crippen LogP contribution is -2.41. The van der Waals surface area contributed by atoms with Gasteiger partial charge in [0.15, 0.2) is 0 Å². The van der Waals surface area contributed by atoms with Crippen molar-refractivity contribution in [1.82, 2.24) is 0 Å². The Balaban J connectivity index is 2.75. The van der Waals surface area contributed by atoms with E-state index < -0.39 is 0 Å². The number of rotatable bonds is 1. The smallest absolute Gasteiger partial charge is 0.0726 e. The van der Waals surface area contributed by atoms with Crippen LogP contribution in [-0.2, 0) is 4.74 Å². The lowest BCUT2D eigenvalue weighted by atomic mass is 9.75. The van der Waals surface area contributed by atoms with Crippen molar-refractivity contribution in [2.24, 2.45) is 5.41 Å². The summed E-state index contributed by atoms with van der Waals surface area (Å²) in [6, 6.07) is 0. The van der Waals surface area contributed by atoms with Crippen LogP contribution >= 0.6 is 0 Å². The van der Waals surface area contributed by atoms with Crippen molar-refractivity contribution in [3.05, 3.63) is 0 Å². The zero-order chi connectivity index (χ0) is 8.54. The molecule has 1 rings (SSSR count). The second-order valence-corrected chi connectivity index (χ2v) is 4.66. The van der Waals surface area contributed by atoms with Crippen molar-refractivity contribution in [3.8, 4) is 0 Å². The van der Waals surface area contributed by atoms with Crippen molar-refractivity contribution in [2.75, 3.05) is 7.11 Å². The van der Waals surface area contributed by atoms with Gasteiger partial charge in [-0.1, -0.05) is 33.6 Å². The van der Waals surface area contributed by atoms with Crippen LogP contribution in [0.4, 0.5) is 0 Å². The Kier molecular flexibility index (Phi) is 2.29. The van der Waals surface area contributed by atoms with Crippen LogP contribution in [0.3, 0.4) is 0 Å². The molecule has 0 radical (unpaired) electrons. The molecule has 0 atom stereocenters. The van der Waals surface area contributed by atoms with Gasteiger partial charge in [-0.3, -0.25) is 0 Å². The van der Waals surface area contributed by atoms with Crippen molar-refractivity contribution >= 4 is 0 Å². The molecule has 0 heterocycles. The predicted octanol–water partition coefficient (Wildman–Crippen LogP) is 2.99. The summed E-state index contributed by atoms with van der Waals surface area (Å²) in [5, 5.41) is 0. The van der Waals surface area contributed by atoms with Gasteiger partial charge in [0, 0.05) is 7.11 Å². The molecule has 0 unspecified atom stereocenters. The minimum absolute atomic E-state index is 0.174. The highest BCUT2D eigenvalue weighted by molar-refractivity contribution is 4.95. The van der Waals surface area contributed by atoms with E-state index in [0.717, 1.165) is 0 Å². The molecule has 1 saturated carbocycles. The number of hydrogen-bond acceptors (Lipinski definition) is 1. The fourth-order valence-corrected chi connectivity index (χ4v) is 2.21. The highest BCUT2D eigenvalue weighted by Gasteiger charge is 2.43. The van der Waals surface area contributed by atoms with Crippen LogP contribution in [0.25, 0.3) is 0 Å². The van der Waals surface area contributed by atoms with E-state index in [1.807, 2.05) is 7.11 Å². The molecule has 0 saturated heterocycles. The van der Waals surface area contributed by atoms with Gasteiger partial charge in [0.25, 0.3) is 0 Å². The summed E-state index contributed by atoms with van der Waals surface area (Å²) in [6.45, 7) is 6.84. The van der Waals surface area contributed by atoms with E-state index in [1.54, 1.807) is 0 Å². The topological polar surface area (TPSA) is 9.23 Å². The summed E-state index contributed by atoms with van der Waals surface area (Å²) >= 11 is 0. The highest BCUT2D eigenvalue weighted by Crippen LogP contribution is 2.45. The Labute approximate surface area is 70.1 Å². The van der Waals surface area contributed by atoms with Gasteiger partial charge in [-0.05, 0) is 18.3 Å². The fraction of sp³-hybridized carbons (Fsp3) is 1.00. The molecule has 11 heavy (non-hydrogen) atoms. The lowest BCUT2D eigenvalue weighted by Gasteiger charge is -2.40. The minimum atomic E-state index is 0.174. The van der Waals surface area contributed by atoms with E-state index in [4.69, 9.17) is 4.74 Å². The molecule has 1 heteroatoms. The molecule has 1 aliphatic rings. The second kappa shape index (κ2) is 2.78. The molecule has 0 N–H and O–H groups in total. The van der Waals surface area contributed by atoms with Crippen molar-refractivity contribution < 1.29 is 4.74 Å². The summed E-state index contributed by atoms with van der Waals surface area (Å²) < 4.78 is 5.66. The SMILES string of the molecule is COC1(C(C)(C)C)CCCC1. The molecule has 0 bridgehead atoms. The summed E-state index contributed by atoms with van der Waals surface area (Å²) in [7, 11) is 1.86. The number of ether oxygens (including phenoxy) is 1. The lowest BCUT2D eigenvalue weighted by molar-refractivity contribution is -0.0862. The van der Waals surface area contributed by atoms with E-state index >= 15 is 0 Å². The molecule has 0 aromatic rings. The summed E-state index contributed by atoms with van der Waals surface area (Å²) in [5.41, 5.74) is 0.477. The monoisotopic (exact) mass is 156 g/mol. The quantitative estimate of drug-likeness (QED) is 0.567. The number of hydrogen-bond donors (Lipinski definition) is 0. The molecule has 0 aliphatic heterocycles. The first kappa shape index (κ1) is 9.05. The molecule has 1 nitrogen and oxygen atoms in total. The maximum absolute atomic E-state index is 5.66. The van der Waals surface area contributed by atoms with Gasteiger partial charge >= 0.3 is 0 Å². The molecule has 0 aromatic heterocycles. The third-order valence-corrected chi connectivity index (χ3v) is 3.17. The third kappa shape index (κ3) is 1.44. The molecular weight excluding hydrogens is 136 g/mol. The van der Waals surface area contributed by atoms with E-state index in [1.165, 1.54) is 25.7 Å². The van der Waals surface area contributed by atoms with E-state index in [2.05, 4.69) is 20.8 Å². The summed E-state index contributed by atoms with van der Waals surface area (Å²) in [6.07, 6.45) is 5.16. The van der Waals surface area contributed by atoms with Crippen LogP contribution in [0, 0.1) is 5.41 Å². The van der Waals surface area contributed by atoms with Gasteiger partial charge in [0.1, 0.15) is 0 Å². The molecule has 1 fully saturated rings. The van der Waals surface area contributed by atoms with Crippen LogP contribution < -0.4 is 0 Å². The van der Waals surface area contributed by atoms with Gasteiger partial charge < -0.3 is 4.74 Å². The zero-order valence-electron chi connectivity index (χ0n) is 8.24. The van der Waals surface area contributed by atoms with E-state index in [0.29, 0.717) is 5.41 Å². The molecule has 0 aromatic carbocycles. The molecule has 0 spiro atoms. The van der Waals surface area contributed by atoms with Crippen LogP contribution in [0.1, 0.15) is 46.5 Å². The summed E-state index contributed by atoms with van der Waals surface area (Å²) in [5.74, 6) is 0.